The number of carbonyl (C=O) groups is 2. The van der Waals surface area contributed by atoms with E-state index in [0.29, 0.717) is 22.1 Å². The molecule has 1 fully saturated rings. The minimum atomic E-state index is -0.417. The average molecular weight is 322 g/mol. The van der Waals surface area contributed by atoms with Crippen molar-refractivity contribution >= 4 is 41.6 Å². The topological polar surface area (TPSA) is 75.6 Å². The Kier molecular flexibility index (Phi) is 9.16. The Hall–Kier alpha value is -1.14. The van der Waals surface area contributed by atoms with Crippen LogP contribution in [0.5, 0.6) is 0 Å². The standard InChI is InChI=1S/C7H5Cl2NO.C5H8O2.CH4O/c8-5-1-6(9)3-7(2-5)10-4-11;1-5(4-6)2-3-7-5;1-2/h1-4H,(H,10,11);4H,2-3H2,1H3;2H,1H3. The van der Waals surface area contributed by atoms with Gasteiger partial charge in [-0.2, -0.15) is 0 Å². The van der Waals surface area contributed by atoms with E-state index in [1.54, 1.807) is 25.1 Å². The second-order valence-electron chi connectivity index (χ2n) is 3.95. The van der Waals surface area contributed by atoms with Crippen LogP contribution in [0.25, 0.3) is 0 Å². The highest BCUT2D eigenvalue weighted by molar-refractivity contribution is 6.35. The number of hydrogen-bond donors (Lipinski definition) is 2. The Labute approximate surface area is 127 Å². The molecule has 0 spiro atoms. The molecule has 0 aromatic heterocycles. The van der Waals surface area contributed by atoms with Gasteiger partial charge in [-0.15, -0.1) is 0 Å². The number of aldehydes is 1. The summed E-state index contributed by atoms with van der Waals surface area (Å²) in [5.74, 6) is 0. The summed E-state index contributed by atoms with van der Waals surface area (Å²) in [6, 6.07) is 4.82. The maximum atomic E-state index is 10.00. The molecule has 1 unspecified atom stereocenters. The molecule has 0 saturated carbocycles. The fraction of sp³-hybridized carbons (Fsp3) is 0.385. The van der Waals surface area contributed by atoms with Crippen LogP contribution in [0.2, 0.25) is 10.0 Å². The van der Waals surface area contributed by atoms with Gasteiger partial charge in [-0.05, 0) is 25.1 Å². The number of carbonyl (C=O) groups excluding carboxylic acids is 2. The van der Waals surface area contributed by atoms with Gasteiger partial charge in [0, 0.05) is 29.3 Å². The molecular formula is C13H17Cl2NO4. The Bertz CT molecular complexity index is 416. The number of nitrogens with one attached hydrogen (secondary N) is 1. The van der Waals surface area contributed by atoms with Crippen LogP contribution in [0.3, 0.4) is 0 Å². The molecule has 2 N–H and O–H groups in total. The van der Waals surface area contributed by atoms with E-state index in [4.69, 9.17) is 33.0 Å². The first kappa shape index (κ1) is 18.9. The molecule has 1 amide bonds. The number of ether oxygens (including phenoxy) is 1. The fourth-order valence-electron chi connectivity index (χ4n) is 1.22. The van der Waals surface area contributed by atoms with Crippen molar-refractivity contribution in [2.45, 2.75) is 18.9 Å². The van der Waals surface area contributed by atoms with Gasteiger partial charge in [0.2, 0.25) is 6.41 Å². The van der Waals surface area contributed by atoms with E-state index in [9.17, 15) is 9.59 Å². The van der Waals surface area contributed by atoms with Gasteiger partial charge in [0.1, 0.15) is 5.60 Å². The highest BCUT2D eigenvalue weighted by atomic mass is 35.5. The third-order valence-electron chi connectivity index (χ3n) is 2.37. The Morgan fingerprint density at radius 2 is 1.75 bits per heavy atom. The summed E-state index contributed by atoms with van der Waals surface area (Å²) >= 11 is 11.3. The number of aliphatic hydroxyl groups excluding tert-OH is 1. The van der Waals surface area contributed by atoms with E-state index >= 15 is 0 Å². The molecule has 1 aliphatic rings. The predicted molar refractivity (Wildman–Crippen MR) is 79.3 cm³/mol. The van der Waals surface area contributed by atoms with Crippen LogP contribution in [0.1, 0.15) is 13.3 Å². The highest BCUT2D eigenvalue weighted by Gasteiger charge is 2.31. The maximum absolute atomic E-state index is 10.00. The quantitative estimate of drug-likeness (QED) is 0.839. The van der Waals surface area contributed by atoms with Crippen molar-refractivity contribution in [1.82, 2.24) is 0 Å². The lowest BCUT2D eigenvalue weighted by Gasteiger charge is -2.32. The van der Waals surface area contributed by atoms with Crippen LogP contribution < -0.4 is 5.32 Å². The summed E-state index contributed by atoms with van der Waals surface area (Å²) < 4.78 is 4.90. The zero-order valence-electron chi connectivity index (χ0n) is 11.2. The molecule has 1 atom stereocenters. The number of anilines is 1. The van der Waals surface area contributed by atoms with E-state index in [1.807, 2.05) is 0 Å². The number of halogens is 2. The molecule has 20 heavy (non-hydrogen) atoms. The summed E-state index contributed by atoms with van der Waals surface area (Å²) in [4.78, 5) is 20.0. The van der Waals surface area contributed by atoms with Crippen LogP contribution in [0.15, 0.2) is 18.2 Å². The number of benzene rings is 1. The van der Waals surface area contributed by atoms with E-state index < -0.39 is 5.60 Å². The highest BCUT2D eigenvalue weighted by Crippen LogP contribution is 2.22. The number of hydrogen-bond acceptors (Lipinski definition) is 4. The van der Waals surface area contributed by atoms with Crippen molar-refractivity contribution in [2.75, 3.05) is 19.0 Å². The zero-order chi connectivity index (χ0) is 15.6. The van der Waals surface area contributed by atoms with E-state index in [2.05, 4.69) is 5.32 Å². The Morgan fingerprint density at radius 1 is 1.25 bits per heavy atom. The summed E-state index contributed by atoms with van der Waals surface area (Å²) in [7, 11) is 1.00. The smallest absolute Gasteiger partial charge is 0.211 e. The van der Waals surface area contributed by atoms with Gasteiger partial charge in [-0.25, -0.2) is 0 Å². The molecule has 2 rings (SSSR count). The van der Waals surface area contributed by atoms with Crippen molar-refractivity contribution in [3.05, 3.63) is 28.2 Å². The molecule has 1 heterocycles. The lowest BCUT2D eigenvalue weighted by molar-refractivity contribution is -0.155. The lowest BCUT2D eigenvalue weighted by atomic mass is 10.0. The molecule has 0 aliphatic carbocycles. The first-order valence-corrected chi connectivity index (χ1v) is 6.46. The maximum Gasteiger partial charge on any atom is 0.211 e. The summed E-state index contributed by atoms with van der Waals surface area (Å²) in [5, 5.41) is 10.4. The minimum Gasteiger partial charge on any atom is -0.400 e. The van der Waals surface area contributed by atoms with Crippen LogP contribution in [0, 0.1) is 0 Å². The van der Waals surface area contributed by atoms with Crippen LogP contribution in [-0.4, -0.2) is 37.1 Å². The minimum absolute atomic E-state index is 0.417. The van der Waals surface area contributed by atoms with Gasteiger partial charge in [0.25, 0.3) is 0 Å². The second-order valence-corrected chi connectivity index (χ2v) is 4.82. The van der Waals surface area contributed by atoms with Crippen molar-refractivity contribution in [2.24, 2.45) is 0 Å². The molecule has 0 bridgehead atoms. The van der Waals surface area contributed by atoms with Crippen LogP contribution >= 0.6 is 23.2 Å². The summed E-state index contributed by atoms with van der Waals surface area (Å²) in [5.41, 5.74) is 0.178. The van der Waals surface area contributed by atoms with Crippen molar-refractivity contribution < 1.29 is 19.4 Å². The van der Waals surface area contributed by atoms with Crippen LogP contribution in [0.4, 0.5) is 5.69 Å². The van der Waals surface area contributed by atoms with E-state index in [-0.39, 0.29) is 0 Å². The predicted octanol–water partition coefficient (Wildman–Crippen LogP) is 2.53. The molecule has 5 nitrogen and oxygen atoms in total. The molecule has 1 aromatic carbocycles. The number of aliphatic hydroxyl groups is 1. The zero-order valence-corrected chi connectivity index (χ0v) is 12.7. The Balaban J connectivity index is 0.000000345. The Morgan fingerprint density at radius 3 is 2.00 bits per heavy atom. The van der Waals surface area contributed by atoms with Gasteiger partial charge in [-0.1, -0.05) is 23.2 Å². The lowest BCUT2D eigenvalue weighted by Crippen LogP contribution is -2.41. The van der Waals surface area contributed by atoms with Gasteiger partial charge in [0.15, 0.2) is 6.29 Å². The number of rotatable bonds is 3. The SMILES string of the molecule is CC1(C=O)CCO1.CO.O=CNc1cc(Cl)cc(Cl)c1. The van der Waals surface area contributed by atoms with Crippen molar-refractivity contribution in [3.63, 3.8) is 0 Å². The van der Waals surface area contributed by atoms with Gasteiger partial charge >= 0.3 is 0 Å². The first-order chi connectivity index (χ1) is 9.49. The first-order valence-electron chi connectivity index (χ1n) is 5.70. The van der Waals surface area contributed by atoms with Crippen LogP contribution in [-0.2, 0) is 14.3 Å². The molecule has 1 aromatic rings. The van der Waals surface area contributed by atoms with E-state index in [1.165, 1.54) is 0 Å². The summed E-state index contributed by atoms with van der Waals surface area (Å²) in [6.45, 7) is 2.54. The fourth-order valence-corrected chi connectivity index (χ4v) is 1.75. The molecular weight excluding hydrogens is 305 g/mol. The van der Waals surface area contributed by atoms with Crippen molar-refractivity contribution in [1.29, 1.82) is 0 Å². The summed E-state index contributed by atoms with van der Waals surface area (Å²) in [6.07, 6.45) is 2.31. The third-order valence-corrected chi connectivity index (χ3v) is 2.80. The number of amides is 1. The molecule has 112 valence electrons. The molecule has 7 heteroatoms. The van der Waals surface area contributed by atoms with Gasteiger partial charge in [-0.3, -0.25) is 4.79 Å². The largest absolute Gasteiger partial charge is 0.400 e. The third kappa shape index (κ3) is 6.86. The average Bonchev–Trinajstić information content (AvgIpc) is 2.38. The molecule has 0 radical (unpaired) electrons. The van der Waals surface area contributed by atoms with Crippen molar-refractivity contribution in [3.8, 4) is 0 Å². The van der Waals surface area contributed by atoms with E-state index in [0.717, 1.165) is 26.4 Å². The van der Waals surface area contributed by atoms with Gasteiger partial charge < -0.3 is 20.0 Å². The normalized spacial score (nSPS) is 19.2. The second kappa shape index (κ2) is 9.72. The monoisotopic (exact) mass is 321 g/mol. The molecule has 1 saturated heterocycles. The molecule has 1 aliphatic heterocycles. The van der Waals surface area contributed by atoms with Gasteiger partial charge in [0.05, 0.1) is 6.61 Å².